The van der Waals surface area contributed by atoms with Crippen molar-refractivity contribution < 1.29 is 13.2 Å². The molecular weight excluding hydrogens is 308 g/mol. The van der Waals surface area contributed by atoms with Crippen molar-refractivity contribution in [3.63, 3.8) is 0 Å². The number of benzene rings is 1. The zero-order chi connectivity index (χ0) is 14.9. The van der Waals surface area contributed by atoms with E-state index in [0.717, 1.165) is 22.2 Å². The van der Waals surface area contributed by atoms with E-state index in [2.05, 4.69) is 9.71 Å². The van der Waals surface area contributed by atoms with Crippen molar-refractivity contribution in [1.82, 2.24) is 4.98 Å². The predicted molar refractivity (Wildman–Crippen MR) is 83.4 cm³/mol. The van der Waals surface area contributed by atoms with E-state index < -0.39 is 10.0 Å². The highest BCUT2D eigenvalue weighted by Gasteiger charge is 2.22. The normalized spacial score (nSPS) is 11.5. The molecule has 2 aromatic heterocycles. The van der Waals surface area contributed by atoms with E-state index in [4.69, 9.17) is 4.74 Å². The maximum Gasteiger partial charge on any atom is 0.275 e. The molecule has 0 aliphatic rings. The van der Waals surface area contributed by atoms with Crippen molar-refractivity contribution >= 4 is 38.0 Å². The van der Waals surface area contributed by atoms with Crippen LogP contribution in [0.25, 0.3) is 10.9 Å². The minimum Gasteiger partial charge on any atom is -0.494 e. The molecule has 2 heterocycles. The van der Waals surface area contributed by atoms with Gasteiger partial charge in [0.1, 0.15) is 5.75 Å². The van der Waals surface area contributed by atoms with E-state index in [1.807, 2.05) is 12.1 Å². The molecule has 3 aromatic rings. The first-order chi connectivity index (χ1) is 10.1. The molecule has 21 heavy (non-hydrogen) atoms. The van der Waals surface area contributed by atoms with Gasteiger partial charge < -0.3 is 4.74 Å². The highest BCUT2D eigenvalue weighted by atomic mass is 32.2. The minimum absolute atomic E-state index is 0.158. The van der Waals surface area contributed by atoms with Crippen LogP contribution in [-0.4, -0.2) is 20.5 Å². The van der Waals surface area contributed by atoms with Crippen molar-refractivity contribution in [2.75, 3.05) is 11.8 Å². The summed E-state index contributed by atoms with van der Waals surface area (Å²) in [7, 11) is -2.24. The molecule has 0 bridgehead atoms. The molecule has 0 amide bonds. The molecule has 5 nitrogen and oxygen atoms in total. The van der Waals surface area contributed by atoms with Crippen molar-refractivity contribution in [2.24, 2.45) is 0 Å². The fourth-order valence-electron chi connectivity index (χ4n) is 2.01. The summed E-state index contributed by atoms with van der Waals surface area (Å²) in [6.07, 6.45) is 1.67. The van der Waals surface area contributed by atoms with Crippen LogP contribution in [0.15, 0.2) is 52.2 Å². The molecule has 0 atom stereocenters. The number of pyridine rings is 1. The molecular formula is C14H12N2O3S2. The SMILES string of the molecule is COc1ccsc1S(=O)(=O)Nc1cccc2ncccc12. The number of aromatic nitrogens is 1. The Morgan fingerprint density at radius 1 is 1.19 bits per heavy atom. The molecule has 0 aliphatic carbocycles. The summed E-state index contributed by atoms with van der Waals surface area (Å²) in [4.78, 5) is 4.21. The Kier molecular flexibility index (Phi) is 3.52. The van der Waals surface area contributed by atoms with Crippen LogP contribution in [0.1, 0.15) is 0 Å². The molecule has 3 rings (SSSR count). The lowest BCUT2D eigenvalue weighted by Gasteiger charge is -2.10. The van der Waals surface area contributed by atoms with Crippen LogP contribution < -0.4 is 9.46 Å². The summed E-state index contributed by atoms with van der Waals surface area (Å²) in [6, 6.07) is 10.5. The summed E-state index contributed by atoms with van der Waals surface area (Å²) in [5.74, 6) is 0.339. The van der Waals surface area contributed by atoms with E-state index in [9.17, 15) is 8.42 Å². The minimum atomic E-state index is -3.69. The molecule has 0 saturated carbocycles. The monoisotopic (exact) mass is 320 g/mol. The summed E-state index contributed by atoms with van der Waals surface area (Å²) in [5.41, 5.74) is 1.23. The molecule has 0 radical (unpaired) electrons. The van der Waals surface area contributed by atoms with Crippen LogP contribution in [0, 0.1) is 0 Å². The number of hydrogen-bond acceptors (Lipinski definition) is 5. The van der Waals surface area contributed by atoms with E-state index in [1.165, 1.54) is 7.11 Å². The number of ether oxygens (including phenoxy) is 1. The molecule has 0 saturated heterocycles. The number of anilines is 1. The number of sulfonamides is 1. The highest BCUT2D eigenvalue weighted by molar-refractivity contribution is 7.94. The summed E-state index contributed by atoms with van der Waals surface area (Å²) >= 11 is 1.11. The summed E-state index contributed by atoms with van der Waals surface area (Å²) < 4.78 is 32.8. The van der Waals surface area contributed by atoms with Gasteiger partial charge in [-0.05, 0) is 35.7 Å². The third kappa shape index (κ3) is 2.57. The van der Waals surface area contributed by atoms with E-state index in [0.29, 0.717) is 11.4 Å². The maximum absolute atomic E-state index is 12.5. The molecule has 0 spiro atoms. The number of methoxy groups -OCH3 is 1. The van der Waals surface area contributed by atoms with E-state index in [-0.39, 0.29) is 4.21 Å². The molecule has 1 N–H and O–H groups in total. The van der Waals surface area contributed by atoms with Gasteiger partial charge in [-0.15, -0.1) is 11.3 Å². The fourth-order valence-corrected chi connectivity index (χ4v) is 4.37. The van der Waals surface area contributed by atoms with Crippen LogP contribution in [0.5, 0.6) is 5.75 Å². The standard InChI is InChI=1S/C14H12N2O3S2/c1-19-13-7-9-20-14(13)21(17,18)16-12-6-2-5-11-10(12)4-3-8-15-11/h2-9,16H,1H3. The fraction of sp³-hybridized carbons (Fsp3) is 0.0714. The quantitative estimate of drug-likeness (QED) is 0.802. The van der Waals surface area contributed by atoms with Gasteiger partial charge >= 0.3 is 0 Å². The van der Waals surface area contributed by atoms with Gasteiger partial charge in [-0.2, -0.15) is 0 Å². The van der Waals surface area contributed by atoms with E-state index in [1.54, 1.807) is 35.8 Å². The van der Waals surface area contributed by atoms with Crippen LogP contribution in [0.2, 0.25) is 0 Å². The number of thiophene rings is 1. The average molecular weight is 320 g/mol. The van der Waals surface area contributed by atoms with Gasteiger partial charge in [-0.3, -0.25) is 9.71 Å². The summed E-state index contributed by atoms with van der Waals surface area (Å²) in [5, 5.41) is 2.43. The Bertz CT molecular complexity index is 883. The number of nitrogens with one attached hydrogen (secondary N) is 1. The van der Waals surface area contributed by atoms with Crippen LogP contribution >= 0.6 is 11.3 Å². The van der Waals surface area contributed by atoms with Crippen LogP contribution in [0.3, 0.4) is 0 Å². The molecule has 7 heteroatoms. The number of rotatable bonds is 4. The number of hydrogen-bond donors (Lipinski definition) is 1. The van der Waals surface area contributed by atoms with Crippen molar-refractivity contribution in [3.8, 4) is 5.75 Å². The van der Waals surface area contributed by atoms with Crippen LogP contribution in [0.4, 0.5) is 5.69 Å². The molecule has 108 valence electrons. The lowest BCUT2D eigenvalue weighted by Crippen LogP contribution is -2.12. The first kappa shape index (κ1) is 13.8. The third-order valence-corrected chi connectivity index (χ3v) is 5.76. The average Bonchev–Trinajstić information content (AvgIpc) is 2.97. The Balaban J connectivity index is 2.06. The lowest BCUT2D eigenvalue weighted by atomic mass is 10.2. The van der Waals surface area contributed by atoms with Gasteiger partial charge in [0, 0.05) is 11.6 Å². The molecule has 0 aliphatic heterocycles. The van der Waals surface area contributed by atoms with Crippen molar-refractivity contribution in [1.29, 1.82) is 0 Å². The van der Waals surface area contributed by atoms with Gasteiger partial charge in [0.15, 0.2) is 4.21 Å². The van der Waals surface area contributed by atoms with Crippen molar-refractivity contribution in [3.05, 3.63) is 48.0 Å². The molecule has 0 fully saturated rings. The number of fused-ring (bicyclic) bond motifs is 1. The highest BCUT2D eigenvalue weighted by Crippen LogP contribution is 2.32. The Labute approximate surface area is 126 Å². The third-order valence-electron chi connectivity index (χ3n) is 2.95. The van der Waals surface area contributed by atoms with Gasteiger partial charge in [-0.1, -0.05) is 6.07 Å². The largest absolute Gasteiger partial charge is 0.494 e. The predicted octanol–water partition coefficient (Wildman–Crippen LogP) is 3.11. The first-order valence-corrected chi connectivity index (χ1v) is 8.46. The first-order valence-electron chi connectivity index (χ1n) is 6.10. The Morgan fingerprint density at radius 2 is 2.05 bits per heavy atom. The van der Waals surface area contributed by atoms with Gasteiger partial charge in [-0.25, -0.2) is 8.42 Å². The van der Waals surface area contributed by atoms with Crippen LogP contribution in [-0.2, 0) is 10.0 Å². The van der Waals surface area contributed by atoms with E-state index >= 15 is 0 Å². The topological polar surface area (TPSA) is 68.3 Å². The zero-order valence-electron chi connectivity index (χ0n) is 11.1. The second-order valence-corrected chi connectivity index (χ2v) is 7.05. The smallest absolute Gasteiger partial charge is 0.275 e. The van der Waals surface area contributed by atoms with Gasteiger partial charge in [0.05, 0.1) is 18.3 Å². The van der Waals surface area contributed by atoms with Gasteiger partial charge in [0.2, 0.25) is 0 Å². The molecule has 0 unspecified atom stereocenters. The zero-order valence-corrected chi connectivity index (χ0v) is 12.7. The Hall–Kier alpha value is -2.12. The number of nitrogens with zero attached hydrogens (tertiary/aromatic N) is 1. The summed E-state index contributed by atoms with van der Waals surface area (Å²) in [6.45, 7) is 0. The lowest BCUT2D eigenvalue weighted by molar-refractivity contribution is 0.406. The molecule has 1 aromatic carbocycles. The second-order valence-electron chi connectivity index (χ2n) is 4.26. The van der Waals surface area contributed by atoms with Crippen molar-refractivity contribution in [2.45, 2.75) is 4.21 Å². The second kappa shape index (κ2) is 5.34. The van der Waals surface area contributed by atoms with Gasteiger partial charge in [0.25, 0.3) is 10.0 Å². The Morgan fingerprint density at radius 3 is 2.86 bits per heavy atom. The maximum atomic E-state index is 12.5.